The number of pyridine rings is 2. The van der Waals surface area contributed by atoms with Gasteiger partial charge in [0, 0.05) is 34.6 Å². The van der Waals surface area contributed by atoms with Gasteiger partial charge in [-0.3, -0.25) is 4.98 Å². The predicted octanol–water partition coefficient (Wildman–Crippen LogP) is 5.87. The van der Waals surface area contributed by atoms with Gasteiger partial charge in [0.1, 0.15) is 17.9 Å². The molecule has 0 unspecified atom stereocenters. The first kappa shape index (κ1) is 18.0. The number of halogens is 3. The van der Waals surface area contributed by atoms with E-state index >= 15 is 0 Å². The van der Waals surface area contributed by atoms with Gasteiger partial charge in [0.15, 0.2) is 5.15 Å². The third kappa shape index (κ3) is 3.46. The molecule has 0 atom stereocenters. The summed E-state index contributed by atoms with van der Waals surface area (Å²) in [5.41, 5.74) is 3.88. The molecule has 3 heterocycles. The van der Waals surface area contributed by atoms with E-state index in [-0.39, 0.29) is 6.61 Å². The number of nitrogens with one attached hydrogen (secondary N) is 1. The molecular formula is C19H13Cl3N4O. The Morgan fingerprint density at radius 1 is 1.11 bits per heavy atom. The summed E-state index contributed by atoms with van der Waals surface area (Å²) in [5, 5.41) is 2.22. The van der Waals surface area contributed by atoms with Gasteiger partial charge in [-0.2, -0.15) is 0 Å². The van der Waals surface area contributed by atoms with Crippen LogP contribution in [-0.4, -0.2) is 19.9 Å². The second-order valence-electron chi connectivity index (χ2n) is 5.90. The summed E-state index contributed by atoms with van der Waals surface area (Å²) in [6, 6.07) is 7.68. The first-order valence-corrected chi connectivity index (χ1v) is 9.18. The van der Waals surface area contributed by atoms with Crippen LogP contribution in [0, 0.1) is 6.92 Å². The van der Waals surface area contributed by atoms with Crippen molar-refractivity contribution in [3.05, 3.63) is 69.4 Å². The highest BCUT2D eigenvalue weighted by Crippen LogP contribution is 2.35. The minimum Gasteiger partial charge on any atom is -0.487 e. The fraction of sp³-hybridized carbons (Fsp3) is 0.105. The molecule has 4 rings (SSSR count). The Morgan fingerprint density at radius 2 is 1.89 bits per heavy atom. The van der Waals surface area contributed by atoms with Gasteiger partial charge in [-0.15, -0.1) is 0 Å². The van der Waals surface area contributed by atoms with Gasteiger partial charge in [-0.25, -0.2) is 9.97 Å². The van der Waals surface area contributed by atoms with Crippen LogP contribution in [0.3, 0.4) is 0 Å². The number of rotatable bonds is 4. The third-order valence-corrected chi connectivity index (χ3v) is 5.06. The zero-order chi connectivity index (χ0) is 19.0. The standard InChI is InChI=1S/C19H13Cl3N4O/c1-10-5-12(18-19(22)25-9-24-18)11-3-2-4-16(17(11)26-10)27-8-13-14(20)6-23-7-15(13)21/h2-7,9H,8H2,1H3,(H,24,25). The van der Waals surface area contributed by atoms with Gasteiger partial charge in [0.2, 0.25) is 0 Å². The van der Waals surface area contributed by atoms with E-state index in [4.69, 9.17) is 39.5 Å². The number of hydrogen-bond donors (Lipinski definition) is 1. The fourth-order valence-electron chi connectivity index (χ4n) is 2.87. The molecule has 0 radical (unpaired) electrons. The first-order valence-electron chi connectivity index (χ1n) is 8.05. The molecule has 0 aliphatic heterocycles. The van der Waals surface area contributed by atoms with Crippen LogP contribution >= 0.6 is 34.8 Å². The van der Waals surface area contributed by atoms with Crippen LogP contribution in [-0.2, 0) is 6.61 Å². The number of H-pyrrole nitrogens is 1. The van der Waals surface area contributed by atoms with E-state index < -0.39 is 0 Å². The Labute approximate surface area is 170 Å². The Bertz CT molecular complexity index is 1120. The molecule has 0 fully saturated rings. The number of benzene rings is 1. The van der Waals surface area contributed by atoms with E-state index in [0.29, 0.717) is 26.5 Å². The molecule has 8 heteroatoms. The van der Waals surface area contributed by atoms with Gasteiger partial charge in [0.05, 0.1) is 22.1 Å². The molecule has 27 heavy (non-hydrogen) atoms. The number of hydrogen-bond acceptors (Lipinski definition) is 4. The van der Waals surface area contributed by atoms with Crippen molar-refractivity contribution in [2.45, 2.75) is 13.5 Å². The Morgan fingerprint density at radius 3 is 2.59 bits per heavy atom. The number of ether oxygens (including phenoxy) is 1. The van der Waals surface area contributed by atoms with Crippen LogP contribution in [0.2, 0.25) is 15.2 Å². The summed E-state index contributed by atoms with van der Waals surface area (Å²) in [4.78, 5) is 15.8. The average molecular weight is 420 g/mol. The normalized spacial score (nSPS) is 11.1. The van der Waals surface area contributed by atoms with E-state index in [1.807, 2.05) is 31.2 Å². The van der Waals surface area contributed by atoms with Crippen LogP contribution in [0.25, 0.3) is 22.2 Å². The zero-order valence-corrected chi connectivity index (χ0v) is 16.4. The molecule has 4 aromatic rings. The molecule has 5 nitrogen and oxygen atoms in total. The number of para-hydroxylation sites is 1. The second-order valence-corrected chi connectivity index (χ2v) is 7.07. The maximum absolute atomic E-state index is 6.21. The first-order chi connectivity index (χ1) is 13.0. The topological polar surface area (TPSA) is 63.7 Å². The van der Waals surface area contributed by atoms with Gasteiger partial charge in [0.25, 0.3) is 0 Å². The summed E-state index contributed by atoms with van der Waals surface area (Å²) in [6.45, 7) is 2.12. The van der Waals surface area contributed by atoms with Crippen molar-refractivity contribution in [3.8, 4) is 17.0 Å². The molecular weight excluding hydrogens is 407 g/mol. The highest BCUT2D eigenvalue weighted by Gasteiger charge is 2.15. The lowest BCUT2D eigenvalue weighted by Gasteiger charge is -2.13. The van der Waals surface area contributed by atoms with Crippen molar-refractivity contribution in [1.82, 2.24) is 19.9 Å². The molecule has 0 aliphatic carbocycles. The van der Waals surface area contributed by atoms with Crippen molar-refractivity contribution >= 4 is 45.7 Å². The maximum atomic E-state index is 6.21. The van der Waals surface area contributed by atoms with Crippen molar-refractivity contribution in [2.75, 3.05) is 0 Å². The SMILES string of the molecule is Cc1cc(-c2[nH]cnc2Cl)c2cccc(OCc3c(Cl)cncc3Cl)c2n1. The molecule has 0 bridgehead atoms. The van der Waals surface area contributed by atoms with Crippen LogP contribution in [0.1, 0.15) is 11.3 Å². The van der Waals surface area contributed by atoms with E-state index in [0.717, 1.165) is 27.9 Å². The molecule has 0 saturated heterocycles. The maximum Gasteiger partial charge on any atom is 0.154 e. The molecule has 0 spiro atoms. The van der Waals surface area contributed by atoms with Crippen LogP contribution in [0.15, 0.2) is 43.0 Å². The summed E-state index contributed by atoms with van der Waals surface area (Å²) in [5.74, 6) is 0.622. The summed E-state index contributed by atoms with van der Waals surface area (Å²) < 4.78 is 6.01. The number of aryl methyl sites for hydroxylation is 1. The van der Waals surface area contributed by atoms with Crippen LogP contribution < -0.4 is 4.74 Å². The van der Waals surface area contributed by atoms with Gasteiger partial charge < -0.3 is 9.72 Å². The summed E-state index contributed by atoms with van der Waals surface area (Å²) >= 11 is 18.6. The highest BCUT2D eigenvalue weighted by atomic mass is 35.5. The zero-order valence-electron chi connectivity index (χ0n) is 14.1. The number of aromatic amines is 1. The van der Waals surface area contributed by atoms with E-state index in [1.54, 1.807) is 6.33 Å². The molecule has 136 valence electrons. The number of fused-ring (bicyclic) bond motifs is 1. The third-order valence-electron chi connectivity index (χ3n) is 4.12. The minimum atomic E-state index is 0.203. The Kier molecular flexibility index (Phi) is 4.91. The minimum absolute atomic E-state index is 0.203. The lowest BCUT2D eigenvalue weighted by molar-refractivity contribution is 0.309. The van der Waals surface area contributed by atoms with Gasteiger partial charge in [-0.1, -0.05) is 46.9 Å². The Balaban J connectivity index is 1.79. The predicted molar refractivity (Wildman–Crippen MR) is 108 cm³/mol. The van der Waals surface area contributed by atoms with Crippen molar-refractivity contribution in [2.24, 2.45) is 0 Å². The van der Waals surface area contributed by atoms with Crippen LogP contribution in [0.5, 0.6) is 5.75 Å². The van der Waals surface area contributed by atoms with Gasteiger partial charge >= 0.3 is 0 Å². The second kappa shape index (κ2) is 7.35. The lowest BCUT2D eigenvalue weighted by Crippen LogP contribution is -2.00. The average Bonchev–Trinajstić information content (AvgIpc) is 3.06. The molecule has 1 N–H and O–H groups in total. The summed E-state index contributed by atoms with van der Waals surface area (Å²) in [6.07, 6.45) is 4.64. The van der Waals surface area contributed by atoms with Crippen molar-refractivity contribution in [1.29, 1.82) is 0 Å². The van der Waals surface area contributed by atoms with Crippen molar-refractivity contribution < 1.29 is 4.74 Å². The highest BCUT2D eigenvalue weighted by molar-refractivity contribution is 6.35. The summed E-state index contributed by atoms with van der Waals surface area (Å²) in [7, 11) is 0. The van der Waals surface area contributed by atoms with Crippen molar-refractivity contribution in [3.63, 3.8) is 0 Å². The number of imidazole rings is 1. The van der Waals surface area contributed by atoms with E-state index in [2.05, 4.69) is 19.9 Å². The monoisotopic (exact) mass is 418 g/mol. The largest absolute Gasteiger partial charge is 0.487 e. The molecule has 0 saturated carbocycles. The van der Waals surface area contributed by atoms with Crippen LogP contribution in [0.4, 0.5) is 0 Å². The Hall–Kier alpha value is -2.34. The molecule has 3 aromatic heterocycles. The quantitative estimate of drug-likeness (QED) is 0.449. The fourth-order valence-corrected chi connectivity index (χ4v) is 3.54. The lowest BCUT2D eigenvalue weighted by atomic mass is 10.0. The molecule has 0 aliphatic rings. The number of nitrogens with zero attached hydrogens (tertiary/aromatic N) is 3. The smallest absolute Gasteiger partial charge is 0.154 e. The molecule has 1 aromatic carbocycles. The van der Waals surface area contributed by atoms with Gasteiger partial charge in [-0.05, 0) is 19.1 Å². The molecule has 0 amide bonds. The van der Waals surface area contributed by atoms with E-state index in [1.165, 1.54) is 12.4 Å². The number of aromatic nitrogens is 4. The van der Waals surface area contributed by atoms with E-state index in [9.17, 15) is 0 Å².